The normalized spacial score (nSPS) is 11.2. The minimum Gasteiger partial charge on any atom is -0.280 e. The first kappa shape index (κ1) is 18.5. The van der Waals surface area contributed by atoms with E-state index >= 15 is 0 Å². The molecule has 0 aromatic heterocycles. The number of anilines is 1. The molecule has 0 fully saturated rings. The van der Waals surface area contributed by atoms with E-state index in [1.165, 1.54) is 56.6 Å². The molecule has 6 nitrogen and oxygen atoms in total. The van der Waals surface area contributed by atoms with E-state index in [1.807, 2.05) is 0 Å². The highest BCUT2D eigenvalue weighted by atomic mass is 35.5. The third kappa shape index (κ3) is 4.18. The fourth-order valence-corrected chi connectivity index (χ4v) is 3.66. The van der Waals surface area contributed by atoms with Gasteiger partial charge in [-0.3, -0.25) is 14.4 Å². The molecule has 0 heterocycles. The monoisotopic (exact) mass is 388 g/mol. The average molecular weight is 389 g/mol. The van der Waals surface area contributed by atoms with Gasteiger partial charge in [0, 0.05) is 23.3 Å². The molecule has 24 heavy (non-hydrogen) atoms. The summed E-state index contributed by atoms with van der Waals surface area (Å²) in [4.78, 5) is 16.6. The Kier molecular flexibility index (Phi) is 5.71. The van der Waals surface area contributed by atoms with E-state index in [-0.39, 0.29) is 26.5 Å². The Morgan fingerprint density at radius 2 is 1.75 bits per heavy atom. The molecule has 2 rings (SSSR count). The van der Waals surface area contributed by atoms with E-state index in [1.54, 1.807) is 0 Å². The number of amides is 1. The summed E-state index contributed by atoms with van der Waals surface area (Å²) in [6, 6.07) is 10.1. The van der Waals surface area contributed by atoms with E-state index in [2.05, 4.69) is 4.72 Å². The summed E-state index contributed by atoms with van der Waals surface area (Å²) in [6.45, 7) is 0. The van der Waals surface area contributed by atoms with Crippen molar-refractivity contribution in [3.05, 3.63) is 58.1 Å². The van der Waals surface area contributed by atoms with Crippen molar-refractivity contribution in [1.29, 1.82) is 0 Å². The van der Waals surface area contributed by atoms with Crippen LogP contribution in [0.5, 0.6) is 0 Å². The first-order valence-electron chi connectivity index (χ1n) is 6.64. The summed E-state index contributed by atoms with van der Waals surface area (Å²) in [5.41, 5.74) is 0.630. The van der Waals surface area contributed by atoms with E-state index in [0.29, 0.717) is 5.56 Å². The van der Waals surface area contributed by atoms with Crippen molar-refractivity contribution in [2.24, 2.45) is 0 Å². The molecule has 128 valence electrons. The second-order valence-electron chi connectivity index (χ2n) is 4.74. The molecule has 0 aliphatic rings. The van der Waals surface area contributed by atoms with Crippen LogP contribution in [-0.4, -0.2) is 33.5 Å². The van der Waals surface area contributed by atoms with Gasteiger partial charge in [0.05, 0.1) is 12.1 Å². The predicted octanol–water partition coefficient (Wildman–Crippen LogP) is 3.43. The molecule has 2 aromatic carbocycles. The van der Waals surface area contributed by atoms with Crippen molar-refractivity contribution in [2.75, 3.05) is 18.9 Å². The quantitative estimate of drug-likeness (QED) is 0.796. The lowest BCUT2D eigenvalue weighted by Gasteiger charge is -2.14. The molecular weight excluding hydrogens is 375 g/mol. The number of hydrogen-bond donors (Lipinski definition) is 1. The third-order valence-corrected chi connectivity index (χ3v) is 5.22. The maximum atomic E-state index is 12.4. The summed E-state index contributed by atoms with van der Waals surface area (Å²) in [7, 11) is -1.06. The standard InChI is InChI=1S/C15H14Cl2N2O4S/c1-19(23-2)15(20)10-3-6-12(7-4-10)18-24(21,22)14-9-11(16)5-8-13(14)17/h3-9,18H,1-2H3. The van der Waals surface area contributed by atoms with Crippen LogP contribution in [0.2, 0.25) is 10.0 Å². The van der Waals surface area contributed by atoms with Gasteiger partial charge in [0.25, 0.3) is 15.9 Å². The Morgan fingerprint density at radius 3 is 2.33 bits per heavy atom. The van der Waals surface area contributed by atoms with Crippen LogP contribution >= 0.6 is 23.2 Å². The van der Waals surface area contributed by atoms with Crippen LogP contribution in [0.4, 0.5) is 5.69 Å². The van der Waals surface area contributed by atoms with E-state index in [0.717, 1.165) is 5.06 Å². The molecule has 0 saturated carbocycles. The van der Waals surface area contributed by atoms with Gasteiger partial charge in [-0.1, -0.05) is 23.2 Å². The summed E-state index contributed by atoms with van der Waals surface area (Å²) in [5.74, 6) is -0.357. The van der Waals surface area contributed by atoms with Crippen LogP contribution in [0, 0.1) is 0 Å². The highest BCUT2D eigenvalue weighted by molar-refractivity contribution is 7.92. The van der Waals surface area contributed by atoms with Gasteiger partial charge in [-0.25, -0.2) is 13.5 Å². The number of carbonyl (C=O) groups excluding carboxylic acids is 1. The first-order valence-corrected chi connectivity index (χ1v) is 8.88. The van der Waals surface area contributed by atoms with Crippen LogP contribution in [0.25, 0.3) is 0 Å². The Morgan fingerprint density at radius 1 is 1.12 bits per heavy atom. The first-order chi connectivity index (χ1) is 11.2. The molecule has 0 saturated heterocycles. The summed E-state index contributed by atoms with van der Waals surface area (Å²) < 4.78 is 27.2. The number of sulfonamides is 1. The van der Waals surface area contributed by atoms with Gasteiger partial charge in [0.15, 0.2) is 0 Å². The number of benzene rings is 2. The molecule has 0 bridgehead atoms. The minimum absolute atomic E-state index is 0.0559. The summed E-state index contributed by atoms with van der Waals surface area (Å²) in [5, 5.41) is 1.37. The van der Waals surface area contributed by atoms with Gasteiger partial charge in [-0.15, -0.1) is 0 Å². The van der Waals surface area contributed by atoms with Gasteiger partial charge in [0.2, 0.25) is 0 Å². The second kappa shape index (κ2) is 7.40. The topological polar surface area (TPSA) is 75.7 Å². The van der Waals surface area contributed by atoms with Gasteiger partial charge in [0.1, 0.15) is 4.90 Å². The Labute approximate surface area is 149 Å². The number of hydrogen-bond acceptors (Lipinski definition) is 4. The summed E-state index contributed by atoms with van der Waals surface area (Å²) in [6.07, 6.45) is 0. The lowest BCUT2D eigenvalue weighted by molar-refractivity contribution is -0.0756. The van der Waals surface area contributed by atoms with Crippen LogP contribution in [0.1, 0.15) is 10.4 Å². The fraction of sp³-hybridized carbons (Fsp3) is 0.133. The molecule has 2 aromatic rings. The number of nitrogens with one attached hydrogen (secondary N) is 1. The maximum Gasteiger partial charge on any atom is 0.277 e. The predicted molar refractivity (Wildman–Crippen MR) is 92.8 cm³/mol. The molecule has 1 amide bonds. The Hall–Kier alpha value is -1.80. The molecule has 0 aliphatic carbocycles. The molecule has 0 unspecified atom stereocenters. The van der Waals surface area contributed by atoms with E-state index in [4.69, 9.17) is 28.0 Å². The van der Waals surface area contributed by atoms with Crippen molar-refractivity contribution in [1.82, 2.24) is 5.06 Å². The summed E-state index contributed by atoms with van der Waals surface area (Å²) >= 11 is 11.7. The van der Waals surface area contributed by atoms with Crippen molar-refractivity contribution >= 4 is 44.8 Å². The molecule has 0 aliphatic heterocycles. The second-order valence-corrected chi connectivity index (χ2v) is 7.24. The number of nitrogens with zero attached hydrogens (tertiary/aromatic N) is 1. The van der Waals surface area contributed by atoms with Crippen molar-refractivity contribution in [3.8, 4) is 0 Å². The number of carbonyl (C=O) groups is 1. The van der Waals surface area contributed by atoms with Crippen molar-refractivity contribution < 1.29 is 18.0 Å². The molecular formula is C15H14Cl2N2O4S. The zero-order chi connectivity index (χ0) is 17.9. The van der Waals surface area contributed by atoms with Crippen LogP contribution < -0.4 is 4.72 Å². The zero-order valence-electron chi connectivity index (χ0n) is 12.8. The minimum atomic E-state index is -3.91. The van der Waals surface area contributed by atoms with Crippen LogP contribution in [-0.2, 0) is 14.9 Å². The molecule has 0 spiro atoms. The van der Waals surface area contributed by atoms with E-state index < -0.39 is 10.0 Å². The lowest BCUT2D eigenvalue weighted by Crippen LogP contribution is -2.25. The lowest BCUT2D eigenvalue weighted by atomic mass is 10.2. The number of rotatable bonds is 5. The highest BCUT2D eigenvalue weighted by Gasteiger charge is 2.19. The smallest absolute Gasteiger partial charge is 0.277 e. The van der Waals surface area contributed by atoms with E-state index in [9.17, 15) is 13.2 Å². The highest BCUT2D eigenvalue weighted by Crippen LogP contribution is 2.27. The molecule has 9 heteroatoms. The zero-order valence-corrected chi connectivity index (χ0v) is 15.1. The maximum absolute atomic E-state index is 12.4. The van der Waals surface area contributed by atoms with Crippen LogP contribution in [0.3, 0.4) is 0 Å². The average Bonchev–Trinajstić information content (AvgIpc) is 2.56. The largest absolute Gasteiger partial charge is 0.280 e. The van der Waals surface area contributed by atoms with Gasteiger partial charge >= 0.3 is 0 Å². The SMILES string of the molecule is CON(C)C(=O)c1ccc(NS(=O)(=O)c2cc(Cl)ccc2Cl)cc1. The van der Waals surface area contributed by atoms with Crippen molar-refractivity contribution in [2.45, 2.75) is 4.90 Å². The number of halogens is 2. The third-order valence-electron chi connectivity index (χ3n) is 3.13. The number of hydroxylamine groups is 2. The van der Waals surface area contributed by atoms with Gasteiger partial charge < -0.3 is 0 Å². The Balaban J connectivity index is 2.24. The fourth-order valence-electron chi connectivity index (χ4n) is 1.84. The molecule has 0 atom stereocenters. The molecule has 1 N–H and O–H groups in total. The van der Waals surface area contributed by atoms with Gasteiger partial charge in [-0.05, 0) is 42.5 Å². The molecule has 0 radical (unpaired) electrons. The van der Waals surface area contributed by atoms with Crippen molar-refractivity contribution in [3.63, 3.8) is 0 Å². The van der Waals surface area contributed by atoms with Gasteiger partial charge in [-0.2, -0.15) is 0 Å². The Bertz CT molecular complexity index is 854. The van der Waals surface area contributed by atoms with Crippen LogP contribution in [0.15, 0.2) is 47.4 Å².